The van der Waals surface area contributed by atoms with Crippen LogP contribution >= 0.6 is 0 Å². The molecule has 1 N–H and O–H groups in total. The molecule has 16 heavy (non-hydrogen) atoms. The Morgan fingerprint density at radius 3 is 2.44 bits per heavy atom. The van der Waals surface area contributed by atoms with Crippen LogP contribution in [0.1, 0.15) is 39.0 Å². The van der Waals surface area contributed by atoms with Gasteiger partial charge in [-0.2, -0.15) is 0 Å². The van der Waals surface area contributed by atoms with Crippen LogP contribution in [-0.2, 0) is 9.47 Å². The Balaban J connectivity index is 2.00. The summed E-state index contributed by atoms with van der Waals surface area (Å²) in [5, 5.41) is 3.38. The maximum atomic E-state index is 5.66. The van der Waals surface area contributed by atoms with Gasteiger partial charge in [-0.25, -0.2) is 0 Å². The standard InChI is InChI=1S/C13H27NO2/c1-3-8-15-9-10-16-11-13(14-2)12-6-4-5-7-12/h12-14H,3-11H2,1-2H3. The molecular weight excluding hydrogens is 202 g/mol. The third-order valence-corrected chi connectivity index (χ3v) is 3.36. The SMILES string of the molecule is CCCOCCOCC(NC)C1CCCC1. The number of rotatable bonds is 9. The summed E-state index contributed by atoms with van der Waals surface area (Å²) in [5.74, 6) is 0.821. The van der Waals surface area contributed by atoms with Crippen LogP contribution in [-0.4, -0.2) is 39.5 Å². The molecule has 0 aromatic heterocycles. The highest BCUT2D eigenvalue weighted by molar-refractivity contribution is 4.79. The van der Waals surface area contributed by atoms with Gasteiger partial charge in [-0.3, -0.25) is 0 Å². The van der Waals surface area contributed by atoms with E-state index in [0.29, 0.717) is 6.04 Å². The van der Waals surface area contributed by atoms with Crippen molar-refractivity contribution in [2.75, 3.05) is 33.5 Å². The van der Waals surface area contributed by atoms with E-state index < -0.39 is 0 Å². The molecule has 1 fully saturated rings. The lowest BCUT2D eigenvalue weighted by Gasteiger charge is -2.22. The highest BCUT2D eigenvalue weighted by atomic mass is 16.5. The molecule has 1 saturated carbocycles. The lowest BCUT2D eigenvalue weighted by Crippen LogP contribution is -2.37. The molecule has 0 amide bonds. The molecule has 1 rings (SSSR count). The normalized spacial score (nSPS) is 19.1. The van der Waals surface area contributed by atoms with Crippen LogP contribution in [0.15, 0.2) is 0 Å². The third-order valence-electron chi connectivity index (χ3n) is 3.36. The van der Waals surface area contributed by atoms with Gasteiger partial charge < -0.3 is 14.8 Å². The fourth-order valence-electron chi connectivity index (χ4n) is 2.39. The van der Waals surface area contributed by atoms with Crippen LogP contribution in [0.3, 0.4) is 0 Å². The molecule has 3 heteroatoms. The monoisotopic (exact) mass is 229 g/mol. The summed E-state index contributed by atoms with van der Waals surface area (Å²) >= 11 is 0. The highest BCUT2D eigenvalue weighted by Crippen LogP contribution is 2.27. The fourth-order valence-corrected chi connectivity index (χ4v) is 2.39. The first-order chi connectivity index (χ1) is 7.88. The average molecular weight is 229 g/mol. The molecular formula is C13H27NO2. The maximum absolute atomic E-state index is 5.66. The van der Waals surface area contributed by atoms with Gasteiger partial charge in [-0.15, -0.1) is 0 Å². The first kappa shape index (κ1) is 13.9. The number of nitrogens with one attached hydrogen (secondary N) is 1. The number of ether oxygens (including phenoxy) is 2. The van der Waals surface area contributed by atoms with E-state index >= 15 is 0 Å². The molecule has 0 spiro atoms. The highest BCUT2D eigenvalue weighted by Gasteiger charge is 2.23. The molecule has 0 saturated heterocycles. The molecule has 0 bridgehead atoms. The van der Waals surface area contributed by atoms with E-state index in [1.54, 1.807) is 0 Å². The van der Waals surface area contributed by atoms with Gasteiger partial charge in [0.15, 0.2) is 0 Å². The molecule has 1 unspecified atom stereocenters. The van der Waals surface area contributed by atoms with E-state index in [0.717, 1.165) is 38.8 Å². The van der Waals surface area contributed by atoms with Crippen molar-refractivity contribution in [2.24, 2.45) is 5.92 Å². The molecule has 0 aromatic carbocycles. The first-order valence-electron chi connectivity index (χ1n) is 6.71. The van der Waals surface area contributed by atoms with Crippen molar-refractivity contribution in [3.63, 3.8) is 0 Å². The van der Waals surface area contributed by atoms with E-state index in [9.17, 15) is 0 Å². The molecule has 3 nitrogen and oxygen atoms in total. The van der Waals surface area contributed by atoms with Crippen LogP contribution < -0.4 is 5.32 Å². The smallest absolute Gasteiger partial charge is 0.0701 e. The fraction of sp³-hybridized carbons (Fsp3) is 1.00. The average Bonchev–Trinajstić information content (AvgIpc) is 2.82. The Kier molecular flexibility index (Phi) is 7.81. The van der Waals surface area contributed by atoms with Gasteiger partial charge in [-0.1, -0.05) is 19.8 Å². The van der Waals surface area contributed by atoms with Crippen molar-refractivity contribution in [2.45, 2.75) is 45.1 Å². The number of hydrogen-bond donors (Lipinski definition) is 1. The predicted octanol–water partition coefficient (Wildman–Crippen LogP) is 2.21. The Labute approximate surface area is 99.9 Å². The summed E-state index contributed by atoms with van der Waals surface area (Å²) in [4.78, 5) is 0. The maximum Gasteiger partial charge on any atom is 0.0701 e. The Morgan fingerprint density at radius 2 is 1.81 bits per heavy atom. The molecule has 0 heterocycles. The van der Waals surface area contributed by atoms with Gasteiger partial charge in [0.25, 0.3) is 0 Å². The van der Waals surface area contributed by atoms with Crippen molar-refractivity contribution < 1.29 is 9.47 Å². The van der Waals surface area contributed by atoms with Gasteiger partial charge in [0.05, 0.1) is 19.8 Å². The van der Waals surface area contributed by atoms with E-state index in [2.05, 4.69) is 12.2 Å². The molecule has 1 aliphatic rings. The van der Waals surface area contributed by atoms with Crippen LogP contribution in [0, 0.1) is 5.92 Å². The first-order valence-corrected chi connectivity index (χ1v) is 6.71. The minimum absolute atomic E-state index is 0.536. The second-order valence-electron chi connectivity index (χ2n) is 4.63. The molecule has 0 aromatic rings. The zero-order chi connectivity index (χ0) is 11.6. The zero-order valence-electron chi connectivity index (χ0n) is 10.8. The molecule has 0 radical (unpaired) electrons. The lowest BCUT2D eigenvalue weighted by molar-refractivity contribution is 0.0336. The minimum Gasteiger partial charge on any atom is -0.379 e. The van der Waals surface area contributed by atoms with Gasteiger partial charge >= 0.3 is 0 Å². The Hall–Kier alpha value is -0.120. The summed E-state index contributed by atoms with van der Waals surface area (Å²) in [6.45, 7) is 5.26. The lowest BCUT2D eigenvalue weighted by atomic mass is 9.99. The Morgan fingerprint density at radius 1 is 1.12 bits per heavy atom. The van der Waals surface area contributed by atoms with Crippen LogP contribution in [0.25, 0.3) is 0 Å². The van der Waals surface area contributed by atoms with Crippen LogP contribution in [0.2, 0.25) is 0 Å². The summed E-state index contributed by atoms with van der Waals surface area (Å²) in [7, 11) is 2.04. The third kappa shape index (κ3) is 5.28. The Bertz CT molecular complexity index is 158. The summed E-state index contributed by atoms with van der Waals surface area (Å²) in [6.07, 6.45) is 6.59. The van der Waals surface area contributed by atoms with Crippen molar-refractivity contribution in [3.05, 3.63) is 0 Å². The minimum atomic E-state index is 0.536. The largest absolute Gasteiger partial charge is 0.379 e. The summed E-state index contributed by atoms with van der Waals surface area (Å²) < 4.78 is 11.0. The number of hydrogen-bond acceptors (Lipinski definition) is 3. The van der Waals surface area contributed by atoms with Crippen molar-refractivity contribution in [1.29, 1.82) is 0 Å². The van der Waals surface area contributed by atoms with E-state index in [-0.39, 0.29) is 0 Å². The van der Waals surface area contributed by atoms with Gasteiger partial charge in [-0.05, 0) is 32.2 Å². The quantitative estimate of drug-likeness (QED) is 0.615. The second-order valence-corrected chi connectivity index (χ2v) is 4.63. The van der Waals surface area contributed by atoms with Crippen molar-refractivity contribution in [3.8, 4) is 0 Å². The molecule has 1 aliphatic carbocycles. The number of likely N-dealkylation sites (N-methyl/N-ethyl adjacent to an activating group) is 1. The predicted molar refractivity (Wildman–Crippen MR) is 66.7 cm³/mol. The van der Waals surface area contributed by atoms with E-state index in [4.69, 9.17) is 9.47 Å². The van der Waals surface area contributed by atoms with Crippen molar-refractivity contribution >= 4 is 0 Å². The summed E-state index contributed by atoms with van der Waals surface area (Å²) in [6, 6.07) is 0.536. The topological polar surface area (TPSA) is 30.5 Å². The van der Waals surface area contributed by atoms with Gasteiger partial charge in [0.1, 0.15) is 0 Å². The molecule has 0 aliphatic heterocycles. The molecule has 1 atom stereocenters. The zero-order valence-corrected chi connectivity index (χ0v) is 10.8. The van der Waals surface area contributed by atoms with E-state index in [1.807, 2.05) is 7.05 Å². The van der Waals surface area contributed by atoms with Gasteiger partial charge in [0.2, 0.25) is 0 Å². The van der Waals surface area contributed by atoms with Crippen LogP contribution in [0.4, 0.5) is 0 Å². The van der Waals surface area contributed by atoms with Gasteiger partial charge in [0, 0.05) is 12.6 Å². The van der Waals surface area contributed by atoms with E-state index in [1.165, 1.54) is 25.7 Å². The molecule has 96 valence electrons. The van der Waals surface area contributed by atoms with Crippen LogP contribution in [0.5, 0.6) is 0 Å². The van der Waals surface area contributed by atoms with Crippen molar-refractivity contribution in [1.82, 2.24) is 5.32 Å². The second kappa shape index (κ2) is 8.97. The summed E-state index contributed by atoms with van der Waals surface area (Å²) in [5.41, 5.74) is 0.